The maximum Gasteiger partial charge on any atom is 1.00 e. The predicted molar refractivity (Wildman–Crippen MR) is 75.1 cm³/mol. The third-order valence-corrected chi connectivity index (χ3v) is 4.29. The molecule has 10 nitrogen and oxygen atoms in total. The van der Waals surface area contributed by atoms with Crippen LogP contribution in [-0.2, 0) is 19.2 Å². The van der Waals surface area contributed by atoms with Crippen molar-refractivity contribution in [2.75, 3.05) is 0 Å². The molecule has 25 heavy (non-hydrogen) atoms. The summed E-state index contributed by atoms with van der Waals surface area (Å²) >= 11 is 0.355. The van der Waals surface area contributed by atoms with E-state index in [9.17, 15) is 29.4 Å². The molecule has 0 saturated carbocycles. The van der Waals surface area contributed by atoms with Gasteiger partial charge in [0.25, 0.3) is 0 Å². The van der Waals surface area contributed by atoms with E-state index in [4.69, 9.17) is 20.4 Å². The van der Waals surface area contributed by atoms with Crippen molar-refractivity contribution in [1.82, 2.24) is 0 Å². The Morgan fingerprint density at radius 1 is 0.760 bits per heavy atom. The molecule has 0 fully saturated rings. The first-order valence-corrected chi connectivity index (χ1v) is 6.81. The number of hydrogen-bond acceptors (Lipinski definition) is 7. The smallest absolute Gasteiger partial charge is 1.00 e. The molecule has 0 saturated heterocycles. The Labute approximate surface area is 191 Å². The van der Waals surface area contributed by atoms with Crippen molar-refractivity contribution >= 4 is 35.2 Å². The van der Waals surface area contributed by atoms with Crippen LogP contribution in [0.15, 0.2) is 0 Å². The Hall–Kier alpha value is -0.820. The molecule has 0 amide bonds. The molecule has 2 unspecified atom stereocenters. The van der Waals surface area contributed by atoms with E-state index in [-0.39, 0.29) is 62.0 Å². The first kappa shape index (κ1) is 26.4. The minimum atomic E-state index is -1.71. The Balaban J connectivity index is -0.000000661. The normalized spacial score (nSPS) is 12.2. The van der Waals surface area contributed by atoms with Crippen LogP contribution in [-0.4, -0.2) is 54.5 Å². The summed E-state index contributed by atoms with van der Waals surface area (Å²) in [5, 5.41) is 55.0. The van der Waals surface area contributed by atoms with Gasteiger partial charge >= 0.3 is 83.0 Å². The molecule has 0 radical (unpaired) electrons. The number of hydrogen-bond donors (Lipinski definition) is 6. The molecule has 1 heterocycles. The Morgan fingerprint density at radius 3 is 1.24 bits per heavy atom. The fraction of sp³-hybridized carbons (Fsp3) is 0.333. The number of rotatable bonds is 8. The Kier molecular flexibility index (Phi) is 11.6. The zero-order valence-corrected chi connectivity index (χ0v) is 18.1. The van der Waals surface area contributed by atoms with Crippen molar-refractivity contribution in [1.29, 1.82) is 0 Å². The van der Waals surface area contributed by atoms with E-state index in [1.165, 1.54) is 0 Å². The third-order valence-electron chi connectivity index (χ3n) is 2.90. The van der Waals surface area contributed by atoms with E-state index in [2.05, 4.69) is 0 Å². The maximum atomic E-state index is 11.1. The van der Waals surface area contributed by atoms with Gasteiger partial charge in [0.15, 0.2) is 11.5 Å². The minimum Gasteiger partial charge on any atom is -1.00 e. The first-order valence-electron chi connectivity index (χ1n) is 5.99. The second-order valence-corrected chi connectivity index (χ2v) is 5.59. The van der Waals surface area contributed by atoms with Gasteiger partial charge in [0.2, 0.25) is 0 Å². The van der Waals surface area contributed by atoms with E-state index < -0.39 is 69.8 Å². The molecule has 6 N–H and O–H groups in total. The van der Waals surface area contributed by atoms with Crippen LogP contribution in [0.1, 0.15) is 37.3 Å². The maximum absolute atomic E-state index is 11.1. The van der Waals surface area contributed by atoms with Crippen LogP contribution >= 0.6 is 11.3 Å². The van der Waals surface area contributed by atoms with Gasteiger partial charge in [0, 0.05) is 0 Å². The average molecular weight is 396 g/mol. The zero-order chi connectivity index (χ0) is 17.9. The van der Waals surface area contributed by atoms with Crippen molar-refractivity contribution in [3.63, 3.8) is 0 Å². The number of aliphatic carboxylic acids is 4. The van der Waals surface area contributed by atoms with Crippen molar-refractivity contribution in [3.05, 3.63) is 9.75 Å². The van der Waals surface area contributed by atoms with Crippen LogP contribution in [0.3, 0.4) is 0 Å². The van der Waals surface area contributed by atoms with Gasteiger partial charge in [-0.2, -0.15) is 0 Å². The van der Waals surface area contributed by atoms with Gasteiger partial charge in [-0.25, -0.2) is 0 Å². The largest absolute Gasteiger partial charge is 1.00 e. The van der Waals surface area contributed by atoms with Crippen LogP contribution < -0.4 is 59.1 Å². The van der Waals surface area contributed by atoms with Crippen molar-refractivity contribution < 1.29 is 112 Å². The fourth-order valence-corrected chi connectivity index (χ4v) is 3.13. The number of aromatic hydroxyl groups is 2. The topological polar surface area (TPSA) is 190 Å². The molecule has 0 aliphatic heterocycles. The number of carboxylic acid groups (broad SMARTS) is 4. The van der Waals surface area contributed by atoms with E-state index in [1.54, 1.807) is 0 Å². The van der Waals surface area contributed by atoms with Gasteiger partial charge < -0.3 is 33.5 Å². The molecule has 2 atom stereocenters. The Morgan fingerprint density at radius 2 is 1.04 bits per heavy atom. The van der Waals surface area contributed by atoms with Crippen LogP contribution in [0.4, 0.5) is 0 Å². The summed E-state index contributed by atoms with van der Waals surface area (Å²) in [6, 6.07) is 0. The minimum absolute atomic E-state index is 0. The second-order valence-electron chi connectivity index (χ2n) is 4.51. The van der Waals surface area contributed by atoms with E-state index in [0.717, 1.165) is 0 Å². The average Bonchev–Trinajstić information content (AvgIpc) is 2.69. The molecule has 1 aromatic rings. The first-order chi connectivity index (χ1) is 10.6. The van der Waals surface area contributed by atoms with Gasteiger partial charge in [0.1, 0.15) is 11.8 Å². The van der Waals surface area contributed by atoms with Gasteiger partial charge in [-0.05, 0) is 0 Å². The summed E-state index contributed by atoms with van der Waals surface area (Å²) in [6.07, 6.45) is -1.81. The van der Waals surface area contributed by atoms with Crippen LogP contribution in [0.5, 0.6) is 11.5 Å². The third kappa shape index (κ3) is 6.77. The molecule has 0 spiro atoms. The molecule has 0 aromatic carbocycles. The van der Waals surface area contributed by atoms with Crippen LogP contribution in [0.2, 0.25) is 0 Å². The van der Waals surface area contributed by atoms with E-state index in [0.29, 0.717) is 11.3 Å². The summed E-state index contributed by atoms with van der Waals surface area (Å²) in [5.41, 5.74) is 0. The standard InChI is InChI=1S/C12H12O10S.2Na.2H/c13-5(14)1-3(11(19)20)9-7(17)8(18)10(23-9)4(12(21)22)2-6(15)16;;;;/h3-4,17-18H,1-2H2,(H,13,14)(H,15,16)(H,19,20)(H,21,22);;;;/q;2*+1;2*-1. The molecule has 1 rings (SSSR count). The molecule has 13 heteroatoms. The van der Waals surface area contributed by atoms with E-state index in [1.807, 2.05) is 0 Å². The molecule has 0 aliphatic carbocycles. The fourth-order valence-electron chi connectivity index (χ4n) is 1.85. The molecule has 130 valence electrons. The van der Waals surface area contributed by atoms with Gasteiger partial charge in [0.05, 0.1) is 22.6 Å². The molecular formula is C12H14Na2O10S. The summed E-state index contributed by atoms with van der Waals surface area (Å²) < 4.78 is 0. The van der Waals surface area contributed by atoms with Crippen molar-refractivity contribution in [2.24, 2.45) is 0 Å². The Bertz CT molecular complexity index is 627. The van der Waals surface area contributed by atoms with Gasteiger partial charge in [-0.3, -0.25) is 19.2 Å². The van der Waals surface area contributed by atoms with Crippen molar-refractivity contribution in [2.45, 2.75) is 24.7 Å². The molecule has 1 aromatic heterocycles. The number of carbonyl (C=O) groups is 4. The summed E-state index contributed by atoms with van der Waals surface area (Å²) in [6.45, 7) is 0. The number of thiophene rings is 1. The van der Waals surface area contributed by atoms with Gasteiger partial charge in [-0.15, -0.1) is 11.3 Å². The van der Waals surface area contributed by atoms with Gasteiger partial charge in [-0.1, -0.05) is 0 Å². The molecule has 0 bridgehead atoms. The molecular weight excluding hydrogens is 382 g/mol. The monoisotopic (exact) mass is 396 g/mol. The summed E-state index contributed by atoms with van der Waals surface area (Å²) in [7, 11) is 0. The number of carboxylic acids is 4. The zero-order valence-electron chi connectivity index (χ0n) is 15.3. The quantitative estimate of drug-likeness (QED) is 0.231. The van der Waals surface area contributed by atoms with Crippen LogP contribution in [0.25, 0.3) is 0 Å². The second kappa shape index (κ2) is 11.0. The predicted octanol–water partition coefficient (Wildman–Crippen LogP) is -5.32. The SMILES string of the molecule is O=C(O)CC(C(=O)O)c1sc(C(CC(=O)O)C(=O)O)c(O)c1O.[H-].[H-].[Na+].[Na+]. The summed E-state index contributed by atoms with van der Waals surface area (Å²) in [5.74, 6) is -11.5. The van der Waals surface area contributed by atoms with Crippen LogP contribution in [0, 0.1) is 0 Å². The summed E-state index contributed by atoms with van der Waals surface area (Å²) in [4.78, 5) is 42.8. The van der Waals surface area contributed by atoms with Crippen molar-refractivity contribution in [3.8, 4) is 11.5 Å². The van der Waals surface area contributed by atoms with E-state index >= 15 is 0 Å². The molecule has 0 aliphatic rings.